The van der Waals surface area contributed by atoms with Crippen molar-refractivity contribution in [2.45, 2.75) is 64.8 Å². The molecule has 0 amide bonds. The van der Waals surface area contributed by atoms with E-state index in [0.29, 0.717) is 18.1 Å². The van der Waals surface area contributed by atoms with Crippen LogP contribution in [0.2, 0.25) is 0 Å². The minimum absolute atomic E-state index is 0.0215. The SMILES string of the molecule is CC(C)(C)OC(=O)C1CC2(CC(OCc3ccccc3)C2)C1. The highest BCUT2D eigenvalue weighted by Crippen LogP contribution is 2.59. The van der Waals surface area contributed by atoms with Crippen LogP contribution in [0.25, 0.3) is 0 Å². The molecule has 0 N–H and O–H groups in total. The van der Waals surface area contributed by atoms with E-state index in [4.69, 9.17) is 9.47 Å². The van der Waals surface area contributed by atoms with Gasteiger partial charge in [-0.05, 0) is 57.4 Å². The molecule has 22 heavy (non-hydrogen) atoms. The zero-order valence-electron chi connectivity index (χ0n) is 13.8. The van der Waals surface area contributed by atoms with Gasteiger partial charge in [0.05, 0.1) is 18.6 Å². The van der Waals surface area contributed by atoms with Gasteiger partial charge in [0.2, 0.25) is 0 Å². The zero-order valence-corrected chi connectivity index (χ0v) is 13.8. The smallest absolute Gasteiger partial charge is 0.309 e. The van der Waals surface area contributed by atoms with E-state index in [9.17, 15) is 4.79 Å². The first-order valence-corrected chi connectivity index (χ1v) is 8.24. The summed E-state index contributed by atoms with van der Waals surface area (Å²) in [5, 5.41) is 0. The molecule has 0 radical (unpaired) electrons. The summed E-state index contributed by atoms with van der Waals surface area (Å²) in [5.74, 6) is 0.0843. The number of hydrogen-bond acceptors (Lipinski definition) is 3. The predicted molar refractivity (Wildman–Crippen MR) is 85.3 cm³/mol. The standard InChI is InChI=1S/C19H26O3/c1-18(2,3)22-17(20)15-9-19(10-15)11-16(12-19)21-13-14-7-5-4-6-8-14/h4-8,15-16H,9-13H2,1-3H3. The van der Waals surface area contributed by atoms with E-state index in [-0.39, 0.29) is 17.5 Å². The van der Waals surface area contributed by atoms with E-state index in [1.807, 2.05) is 39.0 Å². The monoisotopic (exact) mass is 302 g/mol. The largest absolute Gasteiger partial charge is 0.460 e. The molecule has 2 fully saturated rings. The van der Waals surface area contributed by atoms with Gasteiger partial charge in [0.1, 0.15) is 5.60 Å². The maximum Gasteiger partial charge on any atom is 0.309 e. The minimum atomic E-state index is -0.374. The van der Waals surface area contributed by atoms with Crippen molar-refractivity contribution in [1.29, 1.82) is 0 Å². The summed E-state index contributed by atoms with van der Waals surface area (Å²) in [6, 6.07) is 10.3. The number of rotatable bonds is 4. The van der Waals surface area contributed by atoms with Crippen molar-refractivity contribution in [2.24, 2.45) is 11.3 Å². The molecule has 1 aromatic carbocycles. The molecule has 0 aliphatic heterocycles. The Kier molecular flexibility index (Phi) is 4.02. The van der Waals surface area contributed by atoms with Crippen molar-refractivity contribution < 1.29 is 14.3 Å². The Bertz CT molecular complexity index is 515. The molecule has 0 unspecified atom stereocenters. The van der Waals surface area contributed by atoms with Gasteiger partial charge in [-0.3, -0.25) is 4.79 Å². The fourth-order valence-electron chi connectivity index (χ4n) is 3.68. The first kappa shape index (κ1) is 15.5. The molecule has 0 atom stereocenters. The summed E-state index contributed by atoms with van der Waals surface area (Å²) in [4.78, 5) is 12.0. The third kappa shape index (κ3) is 3.52. The van der Waals surface area contributed by atoms with E-state index >= 15 is 0 Å². The number of carbonyl (C=O) groups is 1. The fourth-order valence-corrected chi connectivity index (χ4v) is 3.68. The maximum absolute atomic E-state index is 12.0. The Morgan fingerprint density at radius 1 is 1.14 bits per heavy atom. The normalized spacial score (nSPS) is 30.5. The van der Waals surface area contributed by atoms with Crippen molar-refractivity contribution in [3.05, 3.63) is 35.9 Å². The highest BCUT2D eigenvalue weighted by Gasteiger charge is 2.55. The minimum Gasteiger partial charge on any atom is -0.460 e. The quantitative estimate of drug-likeness (QED) is 0.785. The Morgan fingerprint density at radius 2 is 1.77 bits per heavy atom. The van der Waals surface area contributed by atoms with Crippen LogP contribution in [0.15, 0.2) is 30.3 Å². The van der Waals surface area contributed by atoms with E-state index in [1.54, 1.807) is 0 Å². The van der Waals surface area contributed by atoms with Crippen LogP contribution >= 0.6 is 0 Å². The van der Waals surface area contributed by atoms with Crippen molar-refractivity contribution in [1.82, 2.24) is 0 Å². The first-order valence-electron chi connectivity index (χ1n) is 8.24. The van der Waals surface area contributed by atoms with Crippen LogP contribution in [0.5, 0.6) is 0 Å². The Morgan fingerprint density at radius 3 is 2.36 bits per heavy atom. The molecular weight excluding hydrogens is 276 g/mol. The summed E-state index contributed by atoms with van der Waals surface area (Å²) < 4.78 is 11.4. The number of benzene rings is 1. The van der Waals surface area contributed by atoms with Crippen LogP contribution in [0.4, 0.5) is 0 Å². The Balaban J connectivity index is 1.37. The van der Waals surface area contributed by atoms with Crippen LogP contribution in [-0.2, 0) is 20.9 Å². The average Bonchev–Trinajstić information content (AvgIpc) is 2.34. The first-order chi connectivity index (χ1) is 10.4. The Labute approximate surface area is 133 Å². The van der Waals surface area contributed by atoms with Crippen molar-refractivity contribution in [3.63, 3.8) is 0 Å². The summed E-state index contributed by atoms with van der Waals surface area (Å²) >= 11 is 0. The second-order valence-corrected chi connectivity index (χ2v) is 7.97. The molecule has 3 nitrogen and oxygen atoms in total. The zero-order chi connectivity index (χ0) is 15.8. The second kappa shape index (κ2) is 5.69. The van der Waals surface area contributed by atoms with E-state index < -0.39 is 0 Å². The van der Waals surface area contributed by atoms with Crippen molar-refractivity contribution in [2.75, 3.05) is 0 Å². The molecule has 2 aliphatic carbocycles. The van der Waals surface area contributed by atoms with Gasteiger partial charge in [0.15, 0.2) is 0 Å². The number of ether oxygens (including phenoxy) is 2. The van der Waals surface area contributed by atoms with Crippen molar-refractivity contribution >= 4 is 5.97 Å². The highest BCUT2D eigenvalue weighted by molar-refractivity contribution is 5.74. The third-order valence-corrected chi connectivity index (χ3v) is 4.75. The molecule has 3 heteroatoms. The van der Waals surface area contributed by atoms with Crippen LogP contribution < -0.4 is 0 Å². The van der Waals surface area contributed by atoms with Crippen LogP contribution in [0.1, 0.15) is 52.0 Å². The second-order valence-electron chi connectivity index (χ2n) is 7.97. The molecule has 0 heterocycles. The summed E-state index contributed by atoms with van der Waals surface area (Å²) in [6.45, 7) is 6.47. The van der Waals surface area contributed by atoms with Gasteiger partial charge in [-0.15, -0.1) is 0 Å². The lowest BCUT2D eigenvalue weighted by molar-refractivity contribution is -0.185. The molecule has 1 aromatic rings. The van der Waals surface area contributed by atoms with E-state index in [1.165, 1.54) is 5.56 Å². The van der Waals surface area contributed by atoms with Gasteiger partial charge in [-0.2, -0.15) is 0 Å². The highest BCUT2D eigenvalue weighted by atomic mass is 16.6. The van der Waals surface area contributed by atoms with Gasteiger partial charge >= 0.3 is 5.97 Å². The van der Waals surface area contributed by atoms with Crippen LogP contribution in [0, 0.1) is 11.3 Å². The topological polar surface area (TPSA) is 35.5 Å². The lowest BCUT2D eigenvalue weighted by atomic mass is 9.50. The van der Waals surface area contributed by atoms with E-state index in [0.717, 1.165) is 25.7 Å². The molecule has 0 saturated heterocycles. The molecule has 3 rings (SSSR count). The molecule has 1 spiro atoms. The van der Waals surface area contributed by atoms with Gasteiger partial charge in [-0.25, -0.2) is 0 Å². The van der Waals surface area contributed by atoms with Gasteiger partial charge < -0.3 is 9.47 Å². The maximum atomic E-state index is 12.0. The van der Waals surface area contributed by atoms with Crippen molar-refractivity contribution in [3.8, 4) is 0 Å². The number of esters is 1. The Hall–Kier alpha value is -1.35. The fraction of sp³-hybridized carbons (Fsp3) is 0.632. The van der Waals surface area contributed by atoms with E-state index in [2.05, 4.69) is 12.1 Å². The van der Waals surface area contributed by atoms with Gasteiger partial charge in [-0.1, -0.05) is 30.3 Å². The lowest BCUT2D eigenvalue weighted by Gasteiger charge is -2.56. The summed E-state index contributed by atoms with van der Waals surface area (Å²) in [7, 11) is 0. The molecule has 2 saturated carbocycles. The molecule has 0 aromatic heterocycles. The number of carbonyl (C=O) groups excluding carboxylic acids is 1. The number of hydrogen-bond donors (Lipinski definition) is 0. The molecule has 2 aliphatic rings. The third-order valence-electron chi connectivity index (χ3n) is 4.75. The van der Waals surface area contributed by atoms with Gasteiger partial charge in [0.25, 0.3) is 0 Å². The summed E-state index contributed by atoms with van der Waals surface area (Å²) in [5.41, 5.74) is 1.22. The lowest BCUT2D eigenvalue weighted by Crippen LogP contribution is -2.53. The molecule has 120 valence electrons. The molecular formula is C19H26O3. The van der Waals surface area contributed by atoms with Crippen LogP contribution in [0.3, 0.4) is 0 Å². The van der Waals surface area contributed by atoms with Crippen LogP contribution in [-0.4, -0.2) is 17.7 Å². The average molecular weight is 302 g/mol. The molecule has 0 bridgehead atoms. The summed E-state index contributed by atoms with van der Waals surface area (Å²) in [6.07, 6.45) is 4.51. The van der Waals surface area contributed by atoms with Gasteiger partial charge in [0, 0.05) is 0 Å². The predicted octanol–water partition coefficient (Wildman–Crippen LogP) is 4.10.